The van der Waals surface area contributed by atoms with Crippen molar-refractivity contribution >= 4 is 12.0 Å². The highest BCUT2D eigenvalue weighted by Crippen LogP contribution is 2.28. The van der Waals surface area contributed by atoms with Gasteiger partial charge in [0.1, 0.15) is 0 Å². The van der Waals surface area contributed by atoms with Gasteiger partial charge in [-0.15, -0.1) is 0 Å². The van der Waals surface area contributed by atoms with Crippen molar-refractivity contribution in [3.05, 3.63) is 82.6 Å². The number of amides is 2. The minimum Gasteiger partial charge on any atom is -0.466 e. The molecule has 2 N–H and O–H groups in total. The molecule has 0 aliphatic carbocycles. The lowest BCUT2D eigenvalue weighted by molar-refractivity contribution is -0.136. The zero-order valence-electron chi connectivity index (χ0n) is 17.1. The Kier molecular flexibility index (Phi) is 6.67. The minimum atomic E-state index is -0.553. The average Bonchev–Trinajstić information content (AvgIpc) is 2.73. The molecule has 1 atom stereocenters. The number of carbonyl (C=O) groups is 2. The number of urea groups is 1. The first-order chi connectivity index (χ1) is 14.0. The molecule has 1 heterocycles. The van der Waals surface area contributed by atoms with Gasteiger partial charge in [-0.25, -0.2) is 9.59 Å². The summed E-state index contributed by atoms with van der Waals surface area (Å²) in [4.78, 5) is 27.2. The number of carbonyl (C=O) groups excluding carboxylic acids is 2. The van der Waals surface area contributed by atoms with Crippen molar-refractivity contribution in [1.29, 1.82) is 0 Å². The van der Waals surface area contributed by atoms with Crippen molar-refractivity contribution in [2.75, 3.05) is 20.2 Å². The van der Waals surface area contributed by atoms with E-state index in [1.807, 2.05) is 49.4 Å². The largest absolute Gasteiger partial charge is 0.466 e. The highest BCUT2D eigenvalue weighted by atomic mass is 16.5. The first-order valence-electron chi connectivity index (χ1n) is 9.73. The Labute approximate surface area is 171 Å². The van der Waals surface area contributed by atoms with Crippen LogP contribution in [0.2, 0.25) is 0 Å². The predicted molar refractivity (Wildman–Crippen MR) is 112 cm³/mol. The summed E-state index contributed by atoms with van der Waals surface area (Å²) in [6.07, 6.45) is 0. The summed E-state index contributed by atoms with van der Waals surface area (Å²) in [5, 5.41) is 5.69. The number of nitrogens with one attached hydrogen (secondary N) is 2. The van der Waals surface area contributed by atoms with Crippen LogP contribution in [0.3, 0.4) is 0 Å². The van der Waals surface area contributed by atoms with Crippen molar-refractivity contribution in [2.45, 2.75) is 26.4 Å². The SMILES string of the molecule is CCN(CC1=C(C(=O)OC)C(c2ccc(C)cc2)NC(=O)N1)Cc1ccccc1. The van der Waals surface area contributed by atoms with Gasteiger partial charge in [-0.1, -0.05) is 67.1 Å². The summed E-state index contributed by atoms with van der Waals surface area (Å²) >= 11 is 0. The van der Waals surface area contributed by atoms with Crippen LogP contribution in [0.4, 0.5) is 4.79 Å². The summed E-state index contributed by atoms with van der Waals surface area (Å²) < 4.78 is 5.06. The highest BCUT2D eigenvalue weighted by molar-refractivity contribution is 5.95. The van der Waals surface area contributed by atoms with E-state index < -0.39 is 12.0 Å². The molecule has 1 aliphatic rings. The third-order valence-corrected chi connectivity index (χ3v) is 5.05. The fourth-order valence-electron chi connectivity index (χ4n) is 3.45. The molecule has 1 unspecified atom stereocenters. The normalized spacial score (nSPS) is 16.4. The molecule has 0 spiro atoms. The lowest BCUT2D eigenvalue weighted by Gasteiger charge is -2.31. The van der Waals surface area contributed by atoms with E-state index in [1.165, 1.54) is 12.7 Å². The molecule has 1 aliphatic heterocycles. The van der Waals surface area contributed by atoms with E-state index >= 15 is 0 Å². The topological polar surface area (TPSA) is 70.7 Å². The lowest BCUT2D eigenvalue weighted by atomic mass is 9.94. The quantitative estimate of drug-likeness (QED) is 0.708. The van der Waals surface area contributed by atoms with E-state index in [9.17, 15) is 9.59 Å². The summed E-state index contributed by atoms with van der Waals surface area (Å²) in [5.41, 5.74) is 4.13. The minimum absolute atomic E-state index is 0.325. The fraction of sp³-hybridized carbons (Fsp3) is 0.304. The second-order valence-corrected chi connectivity index (χ2v) is 7.11. The number of benzene rings is 2. The van der Waals surface area contributed by atoms with Crippen molar-refractivity contribution in [3.8, 4) is 0 Å². The maximum absolute atomic E-state index is 12.7. The molecule has 0 radical (unpaired) electrons. The maximum atomic E-state index is 12.7. The van der Waals surface area contributed by atoms with Gasteiger partial charge < -0.3 is 15.4 Å². The molecule has 2 aromatic rings. The third kappa shape index (κ3) is 5.03. The average molecular weight is 393 g/mol. The predicted octanol–water partition coefficient (Wildman–Crippen LogP) is 3.30. The zero-order valence-corrected chi connectivity index (χ0v) is 17.1. The molecule has 0 fully saturated rings. The van der Waals surface area contributed by atoms with Gasteiger partial charge in [0.05, 0.1) is 18.7 Å². The Hall–Kier alpha value is -3.12. The first kappa shape index (κ1) is 20.6. The fourth-order valence-corrected chi connectivity index (χ4v) is 3.45. The van der Waals surface area contributed by atoms with Crippen molar-refractivity contribution in [1.82, 2.24) is 15.5 Å². The summed E-state index contributed by atoms with van der Waals surface area (Å²) in [7, 11) is 1.36. The molecule has 29 heavy (non-hydrogen) atoms. The van der Waals surface area contributed by atoms with Crippen LogP contribution in [-0.4, -0.2) is 37.1 Å². The van der Waals surface area contributed by atoms with Crippen LogP contribution in [-0.2, 0) is 16.1 Å². The molecule has 6 heteroatoms. The van der Waals surface area contributed by atoms with Gasteiger partial charge in [0.15, 0.2) is 0 Å². The molecule has 0 saturated carbocycles. The zero-order chi connectivity index (χ0) is 20.8. The molecular formula is C23H27N3O3. The Bertz CT molecular complexity index is 891. The number of rotatable bonds is 7. The summed E-state index contributed by atoms with van der Waals surface area (Å²) in [6.45, 7) is 5.97. The Balaban J connectivity index is 1.95. The van der Waals surface area contributed by atoms with Crippen LogP contribution in [0.25, 0.3) is 0 Å². The summed E-state index contributed by atoms with van der Waals surface area (Å²) in [5.74, 6) is -0.450. The van der Waals surface area contributed by atoms with Gasteiger partial charge in [-0.2, -0.15) is 0 Å². The van der Waals surface area contributed by atoms with Crippen molar-refractivity contribution in [2.24, 2.45) is 0 Å². The maximum Gasteiger partial charge on any atom is 0.338 e. The van der Waals surface area contributed by atoms with Crippen LogP contribution < -0.4 is 10.6 Å². The van der Waals surface area contributed by atoms with Crippen molar-refractivity contribution < 1.29 is 14.3 Å². The monoisotopic (exact) mass is 393 g/mol. The standard InChI is InChI=1S/C23H27N3O3/c1-4-26(14-17-8-6-5-7-9-17)15-19-20(22(27)29-3)21(25-23(28)24-19)18-12-10-16(2)11-13-18/h5-13,21H,4,14-15H2,1-3H3,(H2,24,25,28). The molecule has 2 aromatic carbocycles. The molecule has 0 aromatic heterocycles. The van der Waals surface area contributed by atoms with Gasteiger partial charge in [-0.3, -0.25) is 4.90 Å². The smallest absolute Gasteiger partial charge is 0.338 e. The Morgan fingerprint density at radius 3 is 2.38 bits per heavy atom. The summed E-state index contributed by atoms with van der Waals surface area (Å²) in [6, 6.07) is 17.0. The number of hydrogen-bond donors (Lipinski definition) is 2. The van der Waals surface area contributed by atoms with Gasteiger partial charge in [-0.05, 0) is 24.6 Å². The van der Waals surface area contributed by atoms with Crippen LogP contribution in [0, 0.1) is 6.92 Å². The van der Waals surface area contributed by atoms with Crippen LogP contribution in [0.15, 0.2) is 65.9 Å². The number of methoxy groups -OCH3 is 1. The van der Waals surface area contributed by atoms with Gasteiger partial charge >= 0.3 is 12.0 Å². The Morgan fingerprint density at radius 1 is 1.07 bits per heavy atom. The van der Waals surface area contributed by atoms with E-state index in [4.69, 9.17) is 4.74 Å². The molecule has 0 bridgehead atoms. The number of hydrogen-bond acceptors (Lipinski definition) is 4. The molecule has 3 rings (SSSR count). The second-order valence-electron chi connectivity index (χ2n) is 7.11. The lowest BCUT2D eigenvalue weighted by Crippen LogP contribution is -2.48. The first-order valence-corrected chi connectivity index (χ1v) is 9.73. The van der Waals surface area contributed by atoms with Crippen LogP contribution in [0.1, 0.15) is 29.7 Å². The molecule has 152 valence electrons. The van der Waals surface area contributed by atoms with E-state index in [0.717, 1.165) is 17.7 Å². The molecule has 6 nitrogen and oxygen atoms in total. The van der Waals surface area contributed by atoms with E-state index in [2.05, 4.69) is 34.6 Å². The third-order valence-electron chi connectivity index (χ3n) is 5.05. The van der Waals surface area contributed by atoms with Gasteiger partial charge in [0, 0.05) is 18.8 Å². The number of esters is 1. The van der Waals surface area contributed by atoms with E-state index in [0.29, 0.717) is 24.4 Å². The van der Waals surface area contributed by atoms with Gasteiger partial charge in [0.2, 0.25) is 0 Å². The number of ether oxygens (including phenoxy) is 1. The molecule has 0 saturated heterocycles. The van der Waals surface area contributed by atoms with Gasteiger partial charge in [0.25, 0.3) is 0 Å². The second kappa shape index (κ2) is 9.39. The van der Waals surface area contributed by atoms with Crippen molar-refractivity contribution in [3.63, 3.8) is 0 Å². The highest BCUT2D eigenvalue weighted by Gasteiger charge is 2.33. The van der Waals surface area contributed by atoms with Crippen LogP contribution >= 0.6 is 0 Å². The number of aryl methyl sites for hydroxylation is 1. The number of likely N-dealkylation sites (N-methyl/N-ethyl adjacent to an activating group) is 1. The van der Waals surface area contributed by atoms with Crippen LogP contribution in [0.5, 0.6) is 0 Å². The molecular weight excluding hydrogens is 366 g/mol. The molecule has 2 amide bonds. The van der Waals surface area contributed by atoms with E-state index in [1.54, 1.807) is 0 Å². The Morgan fingerprint density at radius 2 is 1.76 bits per heavy atom. The van der Waals surface area contributed by atoms with E-state index in [-0.39, 0.29) is 6.03 Å². The number of nitrogens with zero attached hydrogens (tertiary/aromatic N) is 1.